The highest BCUT2D eigenvalue weighted by molar-refractivity contribution is 6.30. The molecule has 1 aliphatic heterocycles. The lowest BCUT2D eigenvalue weighted by Gasteiger charge is -2.41. The van der Waals surface area contributed by atoms with E-state index in [9.17, 15) is 0 Å². The van der Waals surface area contributed by atoms with Gasteiger partial charge in [0.25, 0.3) is 0 Å². The van der Waals surface area contributed by atoms with Gasteiger partial charge in [-0.25, -0.2) is 0 Å². The molecule has 16 heavy (non-hydrogen) atoms. The summed E-state index contributed by atoms with van der Waals surface area (Å²) < 4.78 is 0. The van der Waals surface area contributed by atoms with Crippen molar-refractivity contribution in [1.29, 1.82) is 0 Å². The fraction of sp³-hybridized carbons (Fsp3) is 0.429. The first-order chi connectivity index (χ1) is 7.81. The predicted octanol–water partition coefficient (Wildman–Crippen LogP) is 3.50. The second kappa shape index (κ2) is 5.39. The van der Waals surface area contributed by atoms with Crippen molar-refractivity contribution < 1.29 is 0 Å². The third-order valence-corrected chi connectivity index (χ3v) is 3.40. The number of nitrogens with zero attached hydrogens (tertiary/aromatic N) is 1. The molecule has 1 heterocycles. The molecule has 1 fully saturated rings. The highest BCUT2D eigenvalue weighted by atomic mass is 35.5. The Kier molecular flexibility index (Phi) is 3.88. The molecule has 1 aliphatic rings. The van der Waals surface area contributed by atoms with Gasteiger partial charge in [0.05, 0.1) is 0 Å². The van der Waals surface area contributed by atoms with Crippen molar-refractivity contribution in [3.05, 3.63) is 34.9 Å². The quantitative estimate of drug-likeness (QED) is 0.568. The molecule has 1 atom stereocenters. The van der Waals surface area contributed by atoms with E-state index in [4.69, 9.17) is 18.0 Å². The minimum Gasteiger partial charge on any atom is -0.296 e. The van der Waals surface area contributed by atoms with Crippen LogP contribution in [0, 0.1) is 12.3 Å². The summed E-state index contributed by atoms with van der Waals surface area (Å²) >= 11 is 5.88. The largest absolute Gasteiger partial charge is 0.296 e. The molecule has 0 N–H and O–H groups in total. The van der Waals surface area contributed by atoms with Gasteiger partial charge in [0.1, 0.15) is 0 Å². The fourth-order valence-corrected chi connectivity index (χ4v) is 2.28. The van der Waals surface area contributed by atoms with Gasteiger partial charge in [0.15, 0.2) is 0 Å². The second-order valence-corrected chi connectivity index (χ2v) is 4.64. The molecule has 1 aromatic carbocycles. The van der Waals surface area contributed by atoms with Crippen molar-refractivity contribution in [1.82, 2.24) is 4.90 Å². The van der Waals surface area contributed by atoms with Crippen molar-refractivity contribution in [3.63, 3.8) is 0 Å². The molecule has 0 bridgehead atoms. The molecule has 0 radical (unpaired) electrons. The topological polar surface area (TPSA) is 3.24 Å². The third-order valence-electron chi connectivity index (χ3n) is 3.15. The van der Waals surface area contributed by atoms with E-state index in [-0.39, 0.29) is 0 Å². The normalized spacial score (nSPS) is 20.1. The monoisotopic (exact) mass is 233 g/mol. The van der Waals surface area contributed by atoms with Crippen LogP contribution in [0.25, 0.3) is 0 Å². The Labute approximate surface area is 102 Å². The summed E-state index contributed by atoms with van der Waals surface area (Å²) in [5.41, 5.74) is 1.37. The summed E-state index contributed by atoms with van der Waals surface area (Å²) in [5, 5.41) is 0.807. The van der Waals surface area contributed by atoms with Crippen LogP contribution in [0.5, 0.6) is 0 Å². The Bertz CT molecular complexity index is 377. The molecule has 1 nitrogen and oxygen atoms in total. The molecular formula is C14H16ClN. The molecule has 2 rings (SSSR count). The zero-order chi connectivity index (χ0) is 11.4. The van der Waals surface area contributed by atoms with Gasteiger partial charge in [0.2, 0.25) is 0 Å². The van der Waals surface area contributed by atoms with Crippen molar-refractivity contribution in [2.75, 3.05) is 13.1 Å². The molecule has 1 saturated heterocycles. The van der Waals surface area contributed by atoms with Crippen molar-refractivity contribution in [2.24, 2.45) is 0 Å². The predicted molar refractivity (Wildman–Crippen MR) is 68.5 cm³/mol. The molecule has 0 saturated carbocycles. The maximum Gasteiger partial charge on any atom is 0.0406 e. The lowest BCUT2D eigenvalue weighted by atomic mass is 9.94. The number of terminal acetylenes is 1. The smallest absolute Gasteiger partial charge is 0.0406 e. The summed E-state index contributed by atoms with van der Waals surface area (Å²) in [6.45, 7) is 2.30. The highest BCUT2D eigenvalue weighted by Gasteiger charge is 2.28. The SMILES string of the molecule is C#CCCCN1CCC1c1ccc(Cl)cc1. The molecule has 0 aliphatic carbocycles. The Morgan fingerprint density at radius 1 is 1.38 bits per heavy atom. The highest BCUT2D eigenvalue weighted by Crippen LogP contribution is 2.33. The van der Waals surface area contributed by atoms with Crippen LogP contribution in [0.3, 0.4) is 0 Å². The van der Waals surface area contributed by atoms with Gasteiger partial charge in [-0.2, -0.15) is 0 Å². The average molecular weight is 234 g/mol. The summed E-state index contributed by atoms with van der Waals surface area (Å²) in [6.07, 6.45) is 8.48. The van der Waals surface area contributed by atoms with E-state index in [1.165, 1.54) is 18.5 Å². The molecular weight excluding hydrogens is 218 g/mol. The summed E-state index contributed by atoms with van der Waals surface area (Å²) in [5.74, 6) is 2.69. The maximum absolute atomic E-state index is 5.88. The lowest BCUT2D eigenvalue weighted by molar-refractivity contribution is 0.0900. The Balaban J connectivity index is 1.90. The number of unbranched alkanes of at least 4 members (excludes halogenated alkanes) is 1. The van der Waals surface area contributed by atoms with Crippen LogP contribution < -0.4 is 0 Å². The molecule has 0 aromatic heterocycles. The van der Waals surface area contributed by atoms with Crippen molar-refractivity contribution >= 4 is 11.6 Å². The zero-order valence-corrected chi connectivity index (χ0v) is 10.1. The van der Waals surface area contributed by atoms with Crippen LogP contribution in [-0.4, -0.2) is 18.0 Å². The third kappa shape index (κ3) is 2.58. The number of rotatable bonds is 4. The van der Waals surface area contributed by atoms with E-state index >= 15 is 0 Å². The number of benzene rings is 1. The summed E-state index contributed by atoms with van der Waals surface area (Å²) in [7, 11) is 0. The molecule has 1 unspecified atom stereocenters. The first-order valence-corrected chi connectivity index (χ1v) is 6.12. The molecule has 1 aromatic rings. The van der Waals surface area contributed by atoms with Crippen LogP contribution in [0.4, 0.5) is 0 Å². The minimum absolute atomic E-state index is 0.579. The number of likely N-dealkylation sites (tertiary alicyclic amines) is 1. The number of hydrogen-bond donors (Lipinski definition) is 0. The Morgan fingerprint density at radius 2 is 2.12 bits per heavy atom. The second-order valence-electron chi connectivity index (χ2n) is 4.20. The molecule has 0 spiro atoms. The summed E-state index contributed by atoms with van der Waals surface area (Å²) in [4.78, 5) is 2.49. The molecule has 0 amide bonds. The van der Waals surface area contributed by atoms with Gasteiger partial charge in [-0.15, -0.1) is 12.3 Å². The van der Waals surface area contributed by atoms with Crippen LogP contribution in [0.1, 0.15) is 30.9 Å². The van der Waals surface area contributed by atoms with E-state index in [0.29, 0.717) is 6.04 Å². The number of halogens is 1. The van der Waals surface area contributed by atoms with Gasteiger partial charge < -0.3 is 0 Å². The van der Waals surface area contributed by atoms with Crippen molar-refractivity contribution in [3.8, 4) is 12.3 Å². The van der Waals surface area contributed by atoms with Crippen LogP contribution in [0.15, 0.2) is 24.3 Å². The van der Waals surface area contributed by atoms with E-state index in [0.717, 1.165) is 24.4 Å². The molecule has 2 heteroatoms. The lowest BCUT2D eigenvalue weighted by Crippen LogP contribution is -2.41. The molecule has 84 valence electrons. The van der Waals surface area contributed by atoms with Crippen LogP contribution in [0.2, 0.25) is 5.02 Å². The van der Waals surface area contributed by atoms with E-state index in [1.54, 1.807) is 0 Å². The van der Waals surface area contributed by atoms with E-state index in [2.05, 4.69) is 23.0 Å². The van der Waals surface area contributed by atoms with Gasteiger partial charge in [-0.1, -0.05) is 23.7 Å². The zero-order valence-electron chi connectivity index (χ0n) is 9.32. The maximum atomic E-state index is 5.88. The minimum atomic E-state index is 0.579. The Morgan fingerprint density at radius 3 is 2.69 bits per heavy atom. The van der Waals surface area contributed by atoms with Crippen LogP contribution >= 0.6 is 11.6 Å². The Hall–Kier alpha value is -0.970. The van der Waals surface area contributed by atoms with E-state index < -0.39 is 0 Å². The fourth-order valence-electron chi connectivity index (χ4n) is 2.16. The van der Waals surface area contributed by atoms with Gasteiger partial charge in [0, 0.05) is 24.0 Å². The number of hydrogen-bond acceptors (Lipinski definition) is 1. The van der Waals surface area contributed by atoms with Gasteiger partial charge in [-0.05, 0) is 37.1 Å². The first-order valence-electron chi connectivity index (χ1n) is 5.74. The standard InChI is InChI=1S/C14H16ClN/c1-2-3-4-10-16-11-9-14(16)12-5-7-13(15)8-6-12/h1,5-8,14H,3-4,9-11H2. The van der Waals surface area contributed by atoms with Crippen molar-refractivity contribution in [2.45, 2.75) is 25.3 Å². The average Bonchev–Trinajstić information content (AvgIpc) is 2.26. The van der Waals surface area contributed by atoms with E-state index in [1.807, 2.05) is 12.1 Å². The first kappa shape index (κ1) is 11.5. The van der Waals surface area contributed by atoms with Gasteiger partial charge in [-0.3, -0.25) is 4.90 Å². The van der Waals surface area contributed by atoms with Crippen LogP contribution in [-0.2, 0) is 0 Å². The van der Waals surface area contributed by atoms with Gasteiger partial charge >= 0.3 is 0 Å². The summed E-state index contributed by atoms with van der Waals surface area (Å²) in [6, 6.07) is 8.76.